The Kier molecular flexibility index (Phi) is 6.51. The first-order valence-corrected chi connectivity index (χ1v) is 10.6. The van der Waals surface area contributed by atoms with Crippen LogP contribution in [0.1, 0.15) is 22.3 Å². The smallest absolute Gasteiger partial charge is 0.267 e. The molecule has 10 heteroatoms. The number of carbonyl (C=O) groups is 3. The monoisotopic (exact) mass is 468 g/mol. The van der Waals surface area contributed by atoms with Crippen molar-refractivity contribution in [1.29, 1.82) is 0 Å². The van der Waals surface area contributed by atoms with Crippen molar-refractivity contribution in [3.8, 4) is 0 Å². The Balaban J connectivity index is 1.43. The summed E-state index contributed by atoms with van der Waals surface area (Å²) in [5.74, 6) is -5.33. The maximum absolute atomic E-state index is 14.1. The number of halogens is 2. The van der Waals surface area contributed by atoms with Gasteiger partial charge in [-0.25, -0.2) is 8.78 Å². The summed E-state index contributed by atoms with van der Waals surface area (Å²) in [5.41, 5.74) is 1.87. The summed E-state index contributed by atoms with van der Waals surface area (Å²) in [4.78, 5) is 43.1. The Hall–Kier alpha value is -3.92. The predicted molar refractivity (Wildman–Crippen MR) is 120 cm³/mol. The van der Waals surface area contributed by atoms with Crippen molar-refractivity contribution in [2.45, 2.75) is 25.0 Å². The molecule has 3 amide bonds. The highest BCUT2D eigenvalue weighted by molar-refractivity contribution is 6.07. The van der Waals surface area contributed by atoms with Crippen molar-refractivity contribution in [1.82, 2.24) is 15.2 Å². The molecule has 1 saturated heterocycles. The van der Waals surface area contributed by atoms with Crippen LogP contribution in [0.15, 0.2) is 60.8 Å². The summed E-state index contributed by atoms with van der Waals surface area (Å²) >= 11 is 0. The zero-order valence-electron chi connectivity index (χ0n) is 18.0. The number of nitrogens with one attached hydrogen (secondary N) is 2. The number of anilines is 1. The first kappa shape index (κ1) is 23.2. The van der Waals surface area contributed by atoms with E-state index in [1.807, 2.05) is 0 Å². The Bertz CT molecular complexity index is 1230. The third kappa shape index (κ3) is 5.01. The molecule has 1 fully saturated rings. The van der Waals surface area contributed by atoms with Crippen molar-refractivity contribution < 1.29 is 28.3 Å². The number of alkyl halides is 2. The van der Waals surface area contributed by atoms with Gasteiger partial charge < -0.3 is 20.6 Å². The van der Waals surface area contributed by atoms with E-state index in [1.54, 1.807) is 36.4 Å². The molecule has 8 nitrogen and oxygen atoms in total. The van der Waals surface area contributed by atoms with Gasteiger partial charge in [0, 0.05) is 23.7 Å². The third-order valence-corrected chi connectivity index (χ3v) is 5.59. The average molecular weight is 468 g/mol. The molecule has 3 aromatic rings. The van der Waals surface area contributed by atoms with E-state index in [1.165, 1.54) is 24.4 Å². The van der Waals surface area contributed by atoms with Crippen LogP contribution >= 0.6 is 0 Å². The molecule has 1 unspecified atom stereocenters. The van der Waals surface area contributed by atoms with Gasteiger partial charge >= 0.3 is 0 Å². The van der Waals surface area contributed by atoms with E-state index in [2.05, 4.69) is 15.6 Å². The molecule has 1 aromatic heterocycles. The normalized spacial score (nSPS) is 16.9. The van der Waals surface area contributed by atoms with Crippen molar-refractivity contribution in [2.75, 3.05) is 18.4 Å². The lowest BCUT2D eigenvalue weighted by Gasteiger charge is -2.23. The SMILES string of the molecule is O=C(NCC(=O)N1CC(F)(F)CC1C(=O)Nc1ccc(CO)cc1)c1ccnc2ccccc12. The maximum Gasteiger partial charge on any atom is 0.267 e. The quantitative estimate of drug-likeness (QED) is 0.514. The molecule has 1 aliphatic heterocycles. The summed E-state index contributed by atoms with van der Waals surface area (Å²) in [6, 6.07) is 13.3. The number of benzene rings is 2. The molecule has 2 aromatic carbocycles. The molecule has 1 atom stereocenters. The molecule has 2 heterocycles. The largest absolute Gasteiger partial charge is 0.392 e. The number of para-hydroxylation sites is 1. The van der Waals surface area contributed by atoms with Crippen molar-refractivity contribution >= 4 is 34.3 Å². The van der Waals surface area contributed by atoms with E-state index in [4.69, 9.17) is 5.11 Å². The van der Waals surface area contributed by atoms with Gasteiger partial charge in [-0.05, 0) is 29.8 Å². The molecule has 0 radical (unpaired) electrons. The number of aliphatic hydroxyl groups is 1. The molecular formula is C24H22F2N4O4. The first-order chi connectivity index (χ1) is 16.3. The van der Waals surface area contributed by atoms with E-state index in [0.717, 1.165) is 4.90 Å². The lowest BCUT2D eigenvalue weighted by molar-refractivity contribution is -0.136. The Morgan fingerprint density at radius 1 is 1.09 bits per heavy atom. The van der Waals surface area contributed by atoms with Crippen LogP contribution in [0.2, 0.25) is 0 Å². The molecule has 3 N–H and O–H groups in total. The van der Waals surface area contributed by atoms with Crippen molar-refractivity contribution in [3.63, 3.8) is 0 Å². The fourth-order valence-corrected chi connectivity index (χ4v) is 3.88. The number of rotatable bonds is 6. The van der Waals surface area contributed by atoms with Crippen LogP contribution in [0.3, 0.4) is 0 Å². The summed E-state index contributed by atoms with van der Waals surface area (Å²) in [5, 5.41) is 14.7. The Morgan fingerprint density at radius 2 is 1.82 bits per heavy atom. The molecule has 0 saturated carbocycles. The van der Waals surface area contributed by atoms with Crippen LogP contribution in [-0.2, 0) is 16.2 Å². The minimum atomic E-state index is -3.23. The maximum atomic E-state index is 14.1. The highest BCUT2D eigenvalue weighted by Gasteiger charge is 2.49. The van der Waals surface area contributed by atoms with Gasteiger partial charge in [0.2, 0.25) is 11.8 Å². The number of pyridine rings is 1. The van der Waals surface area contributed by atoms with Crippen LogP contribution in [0, 0.1) is 0 Å². The number of hydrogen-bond acceptors (Lipinski definition) is 5. The summed E-state index contributed by atoms with van der Waals surface area (Å²) < 4.78 is 28.3. The van der Waals surface area contributed by atoms with Crippen LogP contribution in [0.4, 0.5) is 14.5 Å². The molecule has 0 bridgehead atoms. The van der Waals surface area contributed by atoms with E-state index in [0.29, 0.717) is 27.7 Å². The number of aliphatic hydroxyl groups excluding tert-OH is 1. The fourth-order valence-electron chi connectivity index (χ4n) is 3.88. The molecule has 4 rings (SSSR count). The van der Waals surface area contributed by atoms with Gasteiger partial charge in [0.05, 0.1) is 30.8 Å². The van der Waals surface area contributed by atoms with Gasteiger partial charge in [-0.15, -0.1) is 0 Å². The minimum Gasteiger partial charge on any atom is -0.392 e. The second-order valence-electron chi connectivity index (χ2n) is 8.00. The van der Waals surface area contributed by atoms with Gasteiger partial charge in [-0.1, -0.05) is 30.3 Å². The second-order valence-corrected chi connectivity index (χ2v) is 8.00. The van der Waals surface area contributed by atoms with Gasteiger partial charge in [0.25, 0.3) is 11.8 Å². The first-order valence-electron chi connectivity index (χ1n) is 10.6. The number of fused-ring (bicyclic) bond motifs is 1. The summed E-state index contributed by atoms with van der Waals surface area (Å²) in [6.45, 7) is -1.63. The highest BCUT2D eigenvalue weighted by atomic mass is 19.3. The van der Waals surface area contributed by atoms with Gasteiger partial charge in [0.1, 0.15) is 6.04 Å². The van der Waals surface area contributed by atoms with E-state index in [9.17, 15) is 23.2 Å². The predicted octanol–water partition coefficient (Wildman–Crippen LogP) is 2.33. The molecule has 34 heavy (non-hydrogen) atoms. The van der Waals surface area contributed by atoms with Crippen LogP contribution in [0.25, 0.3) is 10.9 Å². The molecule has 1 aliphatic rings. The number of hydrogen-bond donors (Lipinski definition) is 3. The van der Waals surface area contributed by atoms with E-state index in [-0.39, 0.29) is 6.61 Å². The summed E-state index contributed by atoms with van der Waals surface area (Å²) in [7, 11) is 0. The minimum absolute atomic E-state index is 0.174. The van der Waals surface area contributed by atoms with E-state index >= 15 is 0 Å². The third-order valence-electron chi connectivity index (χ3n) is 5.59. The molecule has 0 aliphatic carbocycles. The molecule has 176 valence electrons. The zero-order chi connectivity index (χ0) is 24.3. The lowest BCUT2D eigenvalue weighted by Crippen LogP contribution is -2.47. The average Bonchev–Trinajstić information content (AvgIpc) is 3.18. The van der Waals surface area contributed by atoms with Crippen LogP contribution < -0.4 is 10.6 Å². The van der Waals surface area contributed by atoms with Crippen LogP contribution in [0.5, 0.6) is 0 Å². The number of amides is 3. The summed E-state index contributed by atoms with van der Waals surface area (Å²) in [6.07, 6.45) is 0.649. The molecular weight excluding hydrogens is 446 g/mol. The number of carbonyl (C=O) groups excluding carboxylic acids is 3. The van der Waals surface area contributed by atoms with Crippen LogP contribution in [-0.4, -0.2) is 57.8 Å². The van der Waals surface area contributed by atoms with Gasteiger partial charge in [-0.3, -0.25) is 19.4 Å². The fraction of sp³-hybridized carbons (Fsp3) is 0.250. The number of nitrogens with zero attached hydrogens (tertiary/aromatic N) is 2. The Labute approximate surface area is 193 Å². The Morgan fingerprint density at radius 3 is 2.56 bits per heavy atom. The highest BCUT2D eigenvalue weighted by Crippen LogP contribution is 2.32. The van der Waals surface area contributed by atoms with Gasteiger partial charge in [-0.2, -0.15) is 0 Å². The number of likely N-dealkylation sites (tertiary alicyclic amines) is 1. The van der Waals surface area contributed by atoms with Crippen molar-refractivity contribution in [2.24, 2.45) is 0 Å². The second kappa shape index (κ2) is 9.52. The van der Waals surface area contributed by atoms with Gasteiger partial charge in [0.15, 0.2) is 0 Å². The number of aromatic nitrogens is 1. The topological polar surface area (TPSA) is 112 Å². The zero-order valence-corrected chi connectivity index (χ0v) is 18.0. The van der Waals surface area contributed by atoms with E-state index < -0.39 is 49.2 Å². The lowest BCUT2D eigenvalue weighted by atomic mass is 10.1. The molecule has 0 spiro atoms. The van der Waals surface area contributed by atoms with Crippen molar-refractivity contribution in [3.05, 3.63) is 71.9 Å². The standard InChI is InChI=1S/C24H22F2N4O4/c25-24(26)11-20(23(34)29-16-7-5-15(13-31)6-8-16)30(14-24)21(32)12-28-22(33)18-9-10-27-19-4-2-1-3-17(18)19/h1-10,20,31H,11-14H2,(H,28,33)(H,29,34).